The molecule has 0 saturated carbocycles. The number of hydrogen-bond donors (Lipinski definition) is 2. The van der Waals surface area contributed by atoms with Crippen LogP contribution in [0.3, 0.4) is 0 Å². The lowest BCUT2D eigenvalue weighted by atomic mass is 9.75. The first-order chi connectivity index (χ1) is 12.5. The average Bonchev–Trinajstić information content (AvgIpc) is 2.65. The fourth-order valence-electron chi connectivity index (χ4n) is 4.32. The molecule has 5 rings (SSSR count). The van der Waals surface area contributed by atoms with Gasteiger partial charge < -0.3 is 16.0 Å². The van der Waals surface area contributed by atoms with Crippen LogP contribution < -0.4 is 11.1 Å². The molecule has 2 bridgehead atoms. The summed E-state index contributed by atoms with van der Waals surface area (Å²) in [6, 6.07) is 5.71. The number of nitrogens with one attached hydrogen (secondary N) is 1. The number of fused-ring (bicyclic) bond motifs is 3. The molecule has 26 heavy (non-hydrogen) atoms. The van der Waals surface area contributed by atoms with E-state index in [0.29, 0.717) is 41.3 Å². The number of anilines is 2. The monoisotopic (exact) mass is 355 g/mol. The van der Waals surface area contributed by atoms with E-state index in [4.69, 9.17) is 5.73 Å². The van der Waals surface area contributed by atoms with Crippen LogP contribution in [-0.4, -0.2) is 34.5 Å². The summed E-state index contributed by atoms with van der Waals surface area (Å²) in [5.74, 6) is 2.23. The number of piperidine rings is 3. The molecule has 4 heterocycles. The summed E-state index contributed by atoms with van der Waals surface area (Å²) < 4.78 is 14.7. The SMILES string of the molecule is Cc1nc(C)c(N)c(NCc2ccc(C3CN4CCC3CC4)cc2F)n1. The second kappa shape index (κ2) is 6.83. The van der Waals surface area contributed by atoms with Crippen LogP contribution in [0.15, 0.2) is 18.2 Å². The largest absolute Gasteiger partial charge is 0.394 e. The molecule has 1 aromatic heterocycles. The van der Waals surface area contributed by atoms with Crippen molar-refractivity contribution < 1.29 is 4.39 Å². The number of aromatic nitrogens is 2. The van der Waals surface area contributed by atoms with E-state index in [1.165, 1.54) is 25.9 Å². The zero-order chi connectivity index (χ0) is 18.3. The normalized spacial score (nSPS) is 24.7. The van der Waals surface area contributed by atoms with Crippen molar-refractivity contribution in [2.45, 2.75) is 39.2 Å². The molecule has 0 radical (unpaired) electrons. The molecule has 1 aromatic carbocycles. The number of nitrogens with zero attached hydrogens (tertiary/aromatic N) is 3. The zero-order valence-corrected chi connectivity index (χ0v) is 15.4. The first kappa shape index (κ1) is 17.2. The molecule has 3 aliphatic rings. The molecule has 1 unspecified atom stereocenters. The fraction of sp³-hybridized carbons (Fsp3) is 0.500. The van der Waals surface area contributed by atoms with Gasteiger partial charge in [-0.3, -0.25) is 0 Å². The maximum absolute atomic E-state index is 14.7. The van der Waals surface area contributed by atoms with Gasteiger partial charge in [0.15, 0.2) is 5.82 Å². The first-order valence-corrected chi connectivity index (χ1v) is 9.36. The van der Waals surface area contributed by atoms with Crippen LogP contribution in [0.1, 0.15) is 41.4 Å². The third-order valence-corrected chi connectivity index (χ3v) is 5.86. The van der Waals surface area contributed by atoms with Crippen molar-refractivity contribution in [3.05, 3.63) is 46.7 Å². The molecule has 2 aromatic rings. The minimum Gasteiger partial charge on any atom is -0.394 e. The third kappa shape index (κ3) is 3.26. The van der Waals surface area contributed by atoms with Crippen LogP contribution in [0.25, 0.3) is 0 Å². The number of rotatable bonds is 4. The van der Waals surface area contributed by atoms with E-state index in [1.54, 1.807) is 6.07 Å². The summed E-state index contributed by atoms with van der Waals surface area (Å²) in [5, 5.41) is 3.15. The topological polar surface area (TPSA) is 67.1 Å². The molecule has 0 aliphatic carbocycles. The Morgan fingerprint density at radius 1 is 1.23 bits per heavy atom. The van der Waals surface area contributed by atoms with E-state index in [2.05, 4.69) is 26.3 Å². The maximum Gasteiger partial charge on any atom is 0.153 e. The smallest absolute Gasteiger partial charge is 0.153 e. The van der Waals surface area contributed by atoms with Gasteiger partial charge in [0.1, 0.15) is 11.6 Å². The number of nitrogens with two attached hydrogens (primary N) is 1. The molecule has 3 saturated heterocycles. The summed E-state index contributed by atoms with van der Waals surface area (Å²) in [7, 11) is 0. The van der Waals surface area contributed by atoms with E-state index < -0.39 is 0 Å². The van der Waals surface area contributed by atoms with Crippen LogP contribution >= 0.6 is 0 Å². The molecule has 5 nitrogen and oxygen atoms in total. The van der Waals surface area contributed by atoms with Crippen LogP contribution in [0.5, 0.6) is 0 Å². The van der Waals surface area contributed by atoms with Gasteiger partial charge in [-0.25, -0.2) is 14.4 Å². The standard InChI is InChI=1S/C20H26FN5/c1-12-19(22)20(25-13(2)24-12)23-10-16-4-3-15(9-18(16)21)17-11-26-7-5-14(17)6-8-26/h3-4,9,14,17H,5-8,10-11,22H2,1-2H3,(H,23,24,25). The molecular formula is C20H26FN5. The zero-order valence-electron chi connectivity index (χ0n) is 15.4. The van der Waals surface area contributed by atoms with Gasteiger partial charge >= 0.3 is 0 Å². The Bertz CT molecular complexity index is 814. The summed E-state index contributed by atoms with van der Waals surface area (Å²) in [6.07, 6.45) is 2.47. The second-order valence-corrected chi connectivity index (χ2v) is 7.57. The Hall–Kier alpha value is -2.21. The van der Waals surface area contributed by atoms with E-state index in [9.17, 15) is 4.39 Å². The number of benzene rings is 1. The quantitative estimate of drug-likeness (QED) is 0.881. The summed E-state index contributed by atoms with van der Waals surface area (Å²) >= 11 is 0. The fourth-order valence-corrected chi connectivity index (χ4v) is 4.32. The predicted octanol–water partition coefficient (Wildman–Crippen LogP) is 3.24. The highest BCUT2D eigenvalue weighted by atomic mass is 19.1. The first-order valence-electron chi connectivity index (χ1n) is 9.36. The lowest BCUT2D eigenvalue weighted by molar-refractivity contribution is 0.0870. The highest BCUT2D eigenvalue weighted by Crippen LogP contribution is 2.39. The van der Waals surface area contributed by atoms with E-state index in [0.717, 1.165) is 17.8 Å². The average molecular weight is 355 g/mol. The summed E-state index contributed by atoms with van der Waals surface area (Å²) in [4.78, 5) is 11.1. The highest BCUT2D eigenvalue weighted by Gasteiger charge is 2.35. The van der Waals surface area contributed by atoms with Gasteiger partial charge in [0, 0.05) is 18.7 Å². The van der Waals surface area contributed by atoms with Gasteiger partial charge in [0.05, 0.1) is 11.4 Å². The number of halogens is 1. The van der Waals surface area contributed by atoms with Gasteiger partial charge in [0.25, 0.3) is 0 Å². The lowest BCUT2D eigenvalue weighted by Gasteiger charge is -2.45. The van der Waals surface area contributed by atoms with Crippen molar-refractivity contribution in [3.8, 4) is 0 Å². The van der Waals surface area contributed by atoms with Gasteiger partial charge in [0.2, 0.25) is 0 Å². The van der Waals surface area contributed by atoms with Crippen LogP contribution in [0, 0.1) is 25.6 Å². The number of hydrogen-bond acceptors (Lipinski definition) is 5. The Morgan fingerprint density at radius 2 is 2.00 bits per heavy atom. The maximum atomic E-state index is 14.7. The van der Waals surface area contributed by atoms with Crippen LogP contribution in [0.4, 0.5) is 15.9 Å². The van der Waals surface area contributed by atoms with E-state index >= 15 is 0 Å². The van der Waals surface area contributed by atoms with Gasteiger partial charge in [-0.2, -0.15) is 0 Å². The summed E-state index contributed by atoms with van der Waals surface area (Å²) in [5.41, 5.74) is 9.03. The van der Waals surface area contributed by atoms with Crippen molar-refractivity contribution in [3.63, 3.8) is 0 Å². The Morgan fingerprint density at radius 3 is 2.65 bits per heavy atom. The van der Waals surface area contributed by atoms with Crippen LogP contribution in [-0.2, 0) is 6.54 Å². The highest BCUT2D eigenvalue weighted by molar-refractivity contribution is 5.63. The lowest BCUT2D eigenvalue weighted by Crippen LogP contribution is -2.46. The summed E-state index contributed by atoms with van der Waals surface area (Å²) in [6.45, 7) is 7.49. The van der Waals surface area contributed by atoms with Gasteiger partial charge in [-0.15, -0.1) is 0 Å². The Balaban J connectivity index is 1.49. The van der Waals surface area contributed by atoms with Crippen molar-refractivity contribution in [1.29, 1.82) is 0 Å². The third-order valence-electron chi connectivity index (χ3n) is 5.86. The van der Waals surface area contributed by atoms with E-state index in [-0.39, 0.29) is 5.82 Å². The minimum absolute atomic E-state index is 0.160. The Labute approximate surface area is 153 Å². The molecule has 138 valence electrons. The molecule has 1 atom stereocenters. The molecule has 6 heteroatoms. The molecule has 3 N–H and O–H groups in total. The molecular weight excluding hydrogens is 329 g/mol. The predicted molar refractivity (Wildman–Crippen MR) is 102 cm³/mol. The van der Waals surface area contributed by atoms with Crippen molar-refractivity contribution in [2.75, 3.05) is 30.7 Å². The number of nitrogen functional groups attached to an aromatic ring is 1. The van der Waals surface area contributed by atoms with Crippen molar-refractivity contribution in [2.24, 2.45) is 5.92 Å². The molecule has 0 spiro atoms. The van der Waals surface area contributed by atoms with Crippen molar-refractivity contribution in [1.82, 2.24) is 14.9 Å². The molecule has 0 amide bonds. The molecule has 3 fully saturated rings. The van der Waals surface area contributed by atoms with E-state index in [1.807, 2.05) is 19.9 Å². The van der Waals surface area contributed by atoms with Crippen LogP contribution in [0.2, 0.25) is 0 Å². The minimum atomic E-state index is -0.160. The van der Waals surface area contributed by atoms with Crippen molar-refractivity contribution >= 4 is 11.5 Å². The Kier molecular flexibility index (Phi) is 4.53. The van der Waals surface area contributed by atoms with Gasteiger partial charge in [-0.1, -0.05) is 12.1 Å². The number of aryl methyl sites for hydroxylation is 2. The molecule has 3 aliphatic heterocycles. The second-order valence-electron chi connectivity index (χ2n) is 7.57. The van der Waals surface area contributed by atoms with Gasteiger partial charge in [-0.05, 0) is 63.2 Å².